The summed E-state index contributed by atoms with van der Waals surface area (Å²) in [4.78, 5) is 5.56. The van der Waals surface area contributed by atoms with Crippen LogP contribution in [0, 0.1) is 0 Å². The summed E-state index contributed by atoms with van der Waals surface area (Å²) in [6.45, 7) is 5.93. The zero-order valence-electron chi connectivity index (χ0n) is 10.6. The van der Waals surface area contributed by atoms with Crippen molar-refractivity contribution in [2.75, 3.05) is 12.8 Å². The van der Waals surface area contributed by atoms with Crippen molar-refractivity contribution >= 4 is 21.2 Å². The van der Waals surface area contributed by atoms with E-state index in [-0.39, 0.29) is 5.75 Å². The van der Waals surface area contributed by atoms with Crippen LogP contribution in [-0.4, -0.2) is 26.2 Å². The maximum atomic E-state index is 11.2. The van der Waals surface area contributed by atoms with Gasteiger partial charge in [-0.2, -0.15) is 0 Å². The van der Waals surface area contributed by atoms with Crippen LogP contribution in [0.25, 0.3) is 0 Å². The van der Waals surface area contributed by atoms with Gasteiger partial charge in [0.1, 0.15) is 10.8 Å². The molecule has 1 N–H and O–H groups in total. The van der Waals surface area contributed by atoms with E-state index in [0.717, 1.165) is 31.6 Å². The number of nitrogens with zero attached hydrogens (tertiary/aromatic N) is 1. The van der Waals surface area contributed by atoms with Gasteiger partial charge in [-0.1, -0.05) is 13.8 Å². The number of nitrogens with one attached hydrogen (secondary N) is 1. The molecule has 1 heterocycles. The van der Waals surface area contributed by atoms with Crippen LogP contribution in [0.15, 0.2) is 0 Å². The summed E-state index contributed by atoms with van der Waals surface area (Å²) < 4.78 is 22.4. The molecule has 98 valence electrons. The number of hydrogen-bond donors (Lipinski definition) is 1. The highest BCUT2D eigenvalue weighted by molar-refractivity contribution is 7.90. The molecule has 0 aromatic carbocycles. The molecule has 0 radical (unpaired) electrons. The van der Waals surface area contributed by atoms with E-state index in [1.165, 1.54) is 22.5 Å². The molecular weight excluding hydrogens is 256 g/mol. The fraction of sp³-hybridized carbons (Fsp3) is 0.727. The molecule has 1 aromatic heterocycles. The van der Waals surface area contributed by atoms with Crippen LogP contribution in [0.2, 0.25) is 0 Å². The third kappa shape index (κ3) is 5.14. The second kappa shape index (κ2) is 6.47. The summed E-state index contributed by atoms with van der Waals surface area (Å²) in [5.74, 6) is 0.0540. The zero-order valence-corrected chi connectivity index (χ0v) is 12.2. The summed E-state index contributed by atoms with van der Waals surface area (Å²) in [5.41, 5.74) is 1.03. The highest BCUT2D eigenvalue weighted by atomic mass is 32.2. The largest absolute Gasteiger partial charge is 0.312 e. The van der Waals surface area contributed by atoms with E-state index in [2.05, 4.69) is 17.2 Å². The van der Waals surface area contributed by atoms with Crippen LogP contribution >= 0.6 is 11.3 Å². The van der Waals surface area contributed by atoms with Gasteiger partial charge >= 0.3 is 0 Å². The number of thiazole rings is 1. The van der Waals surface area contributed by atoms with Gasteiger partial charge in [-0.25, -0.2) is 13.4 Å². The van der Waals surface area contributed by atoms with Gasteiger partial charge in [-0.05, 0) is 19.4 Å². The summed E-state index contributed by atoms with van der Waals surface area (Å²) in [6.07, 6.45) is 3.19. The second-order valence-electron chi connectivity index (χ2n) is 4.08. The first-order chi connectivity index (χ1) is 7.96. The van der Waals surface area contributed by atoms with Crippen LogP contribution in [0.4, 0.5) is 0 Å². The first-order valence-electron chi connectivity index (χ1n) is 5.82. The fourth-order valence-corrected chi connectivity index (χ4v) is 3.83. The number of hydrogen-bond acceptors (Lipinski definition) is 5. The molecule has 0 fully saturated rings. The van der Waals surface area contributed by atoms with Gasteiger partial charge in [0.05, 0.1) is 5.69 Å². The van der Waals surface area contributed by atoms with Crippen molar-refractivity contribution < 1.29 is 8.42 Å². The van der Waals surface area contributed by atoms with E-state index in [1.54, 1.807) is 0 Å². The predicted molar refractivity (Wildman–Crippen MR) is 72.0 cm³/mol. The molecule has 17 heavy (non-hydrogen) atoms. The molecule has 0 aliphatic rings. The molecule has 0 saturated heterocycles. The Bertz CT molecular complexity index is 452. The number of aromatic nitrogens is 1. The Balaban J connectivity index is 2.76. The lowest BCUT2D eigenvalue weighted by molar-refractivity contribution is 0.601. The highest BCUT2D eigenvalue weighted by Crippen LogP contribution is 2.20. The minimum Gasteiger partial charge on any atom is -0.312 e. The Kier molecular flexibility index (Phi) is 5.55. The molecule has 1 aromatic rings. The average molecular weight is 276 g/mol. The van der Waals surface area contributed by atoms with Gasteiger partial charge in [0, 0.05) is 17.7 Å². The van der Waals surface area contributed by atoms with Crippen LogP contribution in [0.3, 0.4) is 0 Å². The van der Waals surface area contributed by atoms with Crippen molar-refractivity contribution in [3.05, 3.63) is 15.6 Å². The first kappa shape index (κ1) is 14.6. The Morgan fingerprint density at radius 2 is 2.06 bits per heavy atom. The summed E-state index contributed by atoms with van der Waals surface area (Å²) in [7, 11) is -2.99. The maximum Gasteiger partial charge on any atom is 0.153 e. The van der Waals surface area contributed by atoms with E-state index < -0.39 is 9.84 Å². The zero-order chi connectivity index (χ0) is 12.9. The Hall–Kier alpha value is -0.460. The monoisotopic (exact) mass is 276 g/mol. The molecule has 0 aliphatic heterocycles. The van der Waals surface area contributed by atoms with Crippen molar-refractivity contribution in [3.63, 3.8) is 0 Å². The topological polar surface area (TPSA) is 59.1 Å². The van der Waals surface area contributed by atoms with Crippen LogP contribution in [-0.2, 0) is 28.6 Å². The van der Waals surface area contributed by atoms with Gasteiger partial charge in [0.15, 0.2) is 9.84 Å². The standard InChI is InChI=1S/C11H20N2O2S2/c1-4-6-12-7-10-9(5-2)13-11(16-10)8-17(3,14)15/h12H,4-8H2,1-3H3. The minimum atomic E-state index is -2.99. The summed E-state index contributed by atoms with van der Waals surface area (Å²) >= 11 is 1.51. The normalized spacial score (nSPS) is 11.9. The van der Waals surface area contributed by atoms with Gasteiger partial charge in [-0.3, -0.25) is 0 Å². The smallest absolute Gasteiger partial charge is 0.153 e. The molecule has 4 nitrogen and oxygen atoms in total. The highest BCUT2D eigenvalue weighted by Gasteiger charge is 2.13. The van der Waals surface area contributed by atoms with Crippen molar-refractivity contribution in [2.45, 2.75) is 39.0 Å². The van der Waals surface area contributed by atoms with E-state index in [1.807, 2.05) is 6.92 Å². The van der Waals surface area contributed by atoms with Crippen molar-refractivity contribution in [2.24, 2.45) is 0 Å². The lowest BCUT2D eigenvalue weighted by Gasteiger charge is -2.01. The summed E-state index contributed by atoms with van der Waals surface area (Å²) in [6, 6.07) is 0. The number of rotatable bonds is 7. The average Bonchev–Trinajstić information content (AvgIpc) is 2.58. The van der Waals surface area contributed by atoms with Crippen molar-refractivity contribution in [3.8, 4) is 0 Å². The third-order valence-electron chi connectivity index (χ3n) is 2.26. The van der Waals surface area contributed by atoms with Gasteiger partial charge in [0.2, 0.25) is 0 Å². The summed E-state index contributed by atoms with van der Waals surface area (Å²) in [5, 5.41) is 4.03. The Morgan fingerprint density at radius 3 is 2.59 bits per heavy atom. The van der Waals surface area contributed by atoms with Gasteiger partial charge in [-0.15, -0.1) is 11.3 Å². The van der Waals surface area contributed by atoms with E-state index in [0.29, 0.717) is 5.01 Å². The SMILES string of the molecule is CCCNCc1sc(CS(C)(=O)=O)nc1CC. The van der Waals surface area contributed by atoms with E-state index in [4.69, 9.17) is 0 Å². The molecule has 1 rings (SSSR count). The fourth-order valence-electron chi connectivity index (χ4n) is 1.52. The molecule has 0 unspecified atom stereocenters. The maximum absolute atomic E-state index is 11.2. The molecule has 0 spiro atoms. The second-order valence-corrected chi connectivity index (χ2v) is 7.39. The predicted octanol–water partition coefficient (Wildman–Crippen LogP) is 1.75. The van der Waals surface area contributed by atoms with Crippen molar-refractivity contribution in [1.82, 2.24) is 10.3 Å². The van der Waals surface area contributed by atoms with Crippen LogP contribution < -0.4 is 5.32 Å². The third-order valence-corrected chi connectivity index (χ3v) is 4.33. The molecule has 0 bridgehead atoms. The number of sulfone groups is 1. The molecule has 0 aliphatic carbocycles. The van der Waals surface area contributed by atoms with Crippen LogP contribution in [0.1, 0.15) is 35.8 Å². The molecule has 0 atom stereocenters. The van der Waals surface area contributed by atoms with Gasteiger partial charge in [0.25, 0.3) is 0 Å². The molecule has 0 saturated carbocycles. The molecule has 6 heteroatoms. The minimum absolute atomic E-state index is 0.0540. The quantitative estimate of drug-likeness (QED) is 0.771. The van der Waals surface area contributed by atoms with Crippen LogP contribution in [0.5, 0.6) is 0 Å². The molecular formula is C11H20N2O2S2. The van der Waals surface area contributed by atoms with Crippen molar-refractivity contribution in [1.29, 1.82) is 0 Å². The first-order valence-corrected chi connectivity index (χ1v) is 8.69. The van der Waals surface area contributed by atoms with E-state index >= 15 is 0 Å². The van der Waals surface area contributed by atoms with Gasteiger partial charge < -0.3 is 5.32 Å². The lowest BCUT2D eigenvalue weighted by atomic mass is 10.3. The van der Waals surface area contributed by atoms with E-state index in [9.17, 15) is 8.42 Å². The Labute approximate surface area is 107 Å². The Morgan fingerprint density at radius 1 is 1.35 bits per heavy atom. The lowest BCUT2D eigenvalue weighted by Crippen LogP contribution is -2.13. The molecule has 0 amide bonds. The number of aryl methyl sites for hydroxylation is 1.